The van der Waals surface area contributed by atoms with Gasteiger partial charge in [-0.25, -0.2) is 4.79 Å². The van der Waals surface area contributed by atoms with Gasteiger partial charge < -0.3 is 15.2 Å². The van der Waals surface area contributed by atoms with Crippen molar-refractivity contribution in [2.24, 2.45) is 0 Å². The number of benzene rings is 2. The van der Waals surface area contributed by atoms with Gasteiger partial charge in [0.2, 0.25) is 0 Å². The maximum atomic E-state index is 12.6. The van der Waals surface area contributed by atoms with Crippen LogP contribution in [0.4, 0.5) is 5.69 Å². The molecule has 8 nitrogen and oxygen atoms in total. The van der Waals surface area contributed by atoms with Crippen LogP contribution in [0.2, 0.25) is 0 Å². The van der Waals surface area contributed by atoms with E-state index < -0.39 is 23.2 Å². The van der Waals surface area contributed by atoms with Crippen LogP contribution in [0.1, 0.15) is 46.2 Å². The molecule has 1 heterocycles. The van der Waals surface area contributed by atoms with Crippen molar-refractivity contribution in [1.82, 2.24) is 9.78 Å². The van der Waals surface area contributed by atoms with Gasteiger partial charge in [0.05, 0.1) is 17.9 Å². The number of carbonyl (C=O) groups excluding carboxylic acids is 2. The first-order chi connectivity index (χ1) is 14.9. The summed E-state index contributed by atoms with van der Waals surface area (Å²) in [5, 5.41) is 16.7. The number of ether oxygens (including phenoxy) is 1. The van der Waals surface area contributed by atoms with Crippen LogP contribution in [0.3, 0.4) is 0 Å². The second-order valence-electron chi connectivity index (χ2n) is 6.99. The molecule has 0 fully saturated rings. The van der Waals surface area contributed by atoms with Crippen molar-refractivity contribution in [2.75, 3.05) is 11.9 Å². The third-order valence-electron chi connectivity index (χ3n) is 4.48. The number of rotatable bonds is 7. The highest BCUT2D eigenvalue weighted by molar-refractivity contribution is 6.04. The minimum atomic E-state index is -0.697. The van der Waals surface area contributed by atoms with Crippen LogP contribution in [-0.2, 0) is 4.74 Å². The van der Waals surface area contributed by atoms with Gasteiger partial charge in [-0.05, 0) is 55.3 Å². The van der Waals surface area contributed by atoms with E-state index in [9.17, 15) is 19.5 Å². The number of nitrogens with zero attached hydrogens (tertiary/aromatic N) is 2. The van der Waals surface area contributed by atoms with Gasteiger partial charge >= 0.3 is 5.97 Å². The molecule has 2 aromatic carbocycles. The highest BCUT2D eigenvalue weighted by Crippen LogP contribution is 2.17. The second kappa shape index (κ2) is 9.71. The molecule has 1 aromatic heterocycles. The zero-order chi connectivity index (χ0) is 22.4. The Hall–Kier alpha value is -3.94. The molecule has 3 rings (SSSR count). The van der Waals surface area contributed by atoms with Crippen LogP contribution in [0, 0.1) is 6.92 Å². The number of aromatic nitrogens is 2. The molecule has 0 spiro atoms. The number of anilines is 1. The van der Waals surface area contributed by atoms with Crippen molar-refractivity contribution in [1.29, 1.82) is 0 Å². The van der Waals surface area contributed by atoms with Gasteiger partial charge in [0.25, 0.3) is 11.5 Å². The summed E-state index contributed by atoms with van der Waals surface area (Å²) < 4.78 is 6.20. The molecule has 8 heteroatoms. The lowest BCUT2D eigenvalue weighted by molar-refractivity contribution is 0.0499. The number of nitrogens with one attached hydrogen (secondary N) is 1. The van der Waals surface area contributed by atoms with Gasteiger partial charge in [-0.15, -0.1) is 0 Å². The quantitative estimate of drug-likeness (QED) is 0.447. The zero-order valence-electron chi connectivity index (χ0n) is 17.3. The number of aromatic hydroxyl groups is 1. The molecular formula is C23H23N3O5. The van der Waals surface area contributed by atoms with E-state index in [1.54, 1.807) is 30.3 Å². The Bertz CT molecular complexity index is 1150. The molecule has 0 unspecified atom stereocenters. The Kier molecular flexibility index (Phi) is 6.81. The number of hydrogen-bond acceptors (Lipinski definition) is 6. The number of amides is 1. The van der Waals surface area contributed by atoms with Crippen LogP contribution in [0.5, 0.6) is 5.75 Å². The van der Waals surface area contributed by atoms with Crippen molar-refractivity contribution < 1.29 is 19.4 Å². The molecule has 1 amide bonds. The first kappa shape index (κ1) is 21.8. The lowest BCUT2D eigenvalue weighted by atomic mass is 10.2. The van der Waals surface area contributed by atoms with Crippen LogP contribution in [0.15, 0.2) is 59.4 Å². The molecule has 0 aliphatic rings. The molecule has 31 heavy (non-hydrogen) atoms. The predicted octanol–water partition coefficient (Wildman–Crippen LogP) is 3.46. The summed E-state index contributed by atoms with van der Waals surface area (Å²) in [7, 11) is 0. The average Bonchev–Trinajstić information content (AvgIpc) is 2.74. The van der Waals surface area contributed by atoms with E-state index in [0.29, 0.717) is 23.5 Å². The predicted molar refractivity (Wildman–Crippen MR) is 116 cm³/mol. The normalized spacial score (nSPS) is 10.5. The summed E-state index contributed by atoms with van der Waals surface area (Å²) in [6.07, 6.45) is 1.72. The minimum absolute atomic E-state index is 0.302. The average molecular weight is 421 g/mol. The zero-order valence-corrected chi connectivity index (χ0v) is 17.3. The molecule has 0 aliphatic carbocycles. The van der Waals surface area contributed by atoms with E-state index >= 15 is 0 Å². The first-order valence-electron chi connectivity index (χ1n) is 9.88. The van der Waals surface area contributed by atoms with E-state index in [-0.39, 0.29) is 5.69 Å². The Morgan fingerprint density at radius 2 is 1.87 bits per heavy atom. The summed E-state index contributed by atoms with van der Waals surface area (Å²) in [5.41, 5.74) is 1.28. The Labute approximate surface area is 179 Å². The molecule has 2 N–H and O–H groups in total. The van der Waals surface area contributed by atoms with Crippen molar-refractivity contribution in [3.8, 4) is 11.4 Å². The smallest absolute Gasteiger partial charge is 0.338 e. The summed E-state index contributed by atoms with van der Waals surface area (Å²) >= 11 is 0. The van der Waals surface area contributed by atoms with Gasteiger partial charge in [-0.2, -0.15) is 9.78 Å². The molecular weight excluding hydrogens is 398 g/mol. The lowest BCUT2D eigenvalue weighted by Crippen LogP contribution is -2.25. The lowest BCUT2D eigenvalue weighted by Gasteiger charge is -2.10. The maximum Gasteiger partial charge on any atom is 0.338 e. The highest BCUT2D eigenvalue weighted by atomic mass is 16.5. The number of esters is 1. The van der Waals surface area contributed by atoms with Gasteiger partial charge in [0.1, 0.15) is 0 Å². The van der Waals surface area contributed by atoms with Crippen LogP contribution >= 0.6 is 0 Å². The summed E-state index contributed by atoms with van der Waals surface area (Å²) in [6.45, 7) is 4.23. The number of unbranched alkanes of at least 4 members (excludes halogenated alkanes) is 1. The summed E-state index contributed by atoms with van der Waals surface area (Å²) in [6, 6.07) is 14.1. The molecule has 0 radical (unpaired) electrons. The Balaban J connectivity index is 1.78. The fourth-order valence-corrected chi connectivity index (χ4v) is 2.83. The van der Waals surface area contributed by atoms with E-state index in [1.165, 1.54) is 12.1 Å². The topological polar surface area (TPSA) is 111 Å². The fourth-order valence-electron chi connectivity index (χ4n) is 2.83. The Morgan fingerprint density at radius 1 is 1.13 bits per heavy atom. The van der Waals surface area contributed by atoms with E-state index in [0.717, 1.165) is 29.2 Å². The van der Waals surface area contributed by atoms with Crippen molar-refractivity contribution in [2.45, 2.75) is 26.7 Å². The van der Waals surface area contributed by atoms with Crippen LogP contribution in [-0.4, -0.2) is 33.4 Å². The molecule has 0 aliphatic heterocycles. The van der Waals surface area contributed by atoms with Gasteiger partial charge in [-0.1, -0.05) is 25.5 Å². The maximum absolute atomic E-state index is 12.6. The molecule has 3 aromatic rings. The largest absolute Gasteiger partial charge is 0.505 e. The third-order valence-corrected chi connectivity index (χ3v) is 4.48. The van der Waals surface area contributed by atoms with Crippen LogP contribution < -0.4 is 10.9 Å². The van der Waals surface area contributed by atoms with E-state index in [2.05, 4.69) is 10.4 Å². The number of hydrogen-bond donors (Lipinski definition) is 2. The SMILES string of the molecule is CCCCOC(=O)c1ccc(NC(=O)c2nn(-c3cccc(C)c3)c(=O)cc2O)cc1. The molecule has 0 saturated heterocycles. The number of carbonyl (C=O) groups is 2. The van der Waals surface area contributed by atoms with E-state index in [1.807, 2.05) is 19.9 Å². The highest BCUT2D eigenvalue weighted by Gasteiger charge is 2.17. The van der Waals surface area contributed by atoms with Crippen molar-refractivity contribution in [3.05, 3.63) is 81.8 Å². The summed E-state index contributed by atoms with van der Waals surface area (Å²) in [4.78, 5) is 36.9. The minimum Gasteiger partial charge on any atom is -0.505 e. The summed E-state index contributed by atoms with van der Waals surface area (Å²) in [5.74, 6) is -1.66. The van der Waals surface area contributed by atoms with Gasteiger partial charge in [0.15, 0.2) is 11.4 Å². The van der Waals surface area contributed by atoms with Crippen molar-refractivity contribution in [3.63, 3.8) is 0 Å². The monoisotopic (exact) mass is 421 g/mol. The van der Waals surface area contributed by atoms with Gasteiger partial charge in [0, 0.05) is 11.8 Å². The molecule has 0 bridgehead atoms. The third kappa shape index (κ3) is 5.36. The first-order valence-corrected chi connectivity index (χ1v) is 9.88. The molecule has 160 valence electrons. The fraction of sp³-hybridized carbons (Fsp3) is 0.217. The Morgan fingerprint density at radius 3 is 2.55 bits per heavy atom. The van der Waals surface area contributed by atoms with E-state index in [4.69, 9.17) is 4.74 Å². The molecule has 0 atom stereocenters. The number of aryl methyl sites for hydroxylation is 1. The van der Waals surface area contributed by atoms with Crippen LogP contribution in [0.25, 0.3) is 5.69 Å². The molecule has 0 saturated carbocycles. The standard InChI is InChI=1S/C23H23N3O5/c1-3-4-12-31-23(30)16-8-10-17(11-9-16)24-22(29)21-19(27)14-20(28)26(25-21)18-7-5-6-15(2)13-18/h5-11,13-14,27H,3-4,12H2,1-2H3,(H,24,29). The second-order valence-corrected chi connectivity index (χ2v) is 6.99. The van der Waals surface area contributed by atoms with Gasteiger partial charge in [-0.3, -0.25) is 9.59 Å². The van der Waals surface area contributed by atoms with Crippen molar-refractivity contribution >= 4 is 17.6 Å².